The van der Waals surface area contributed by atoms with E-state index in [1.165, 1.54) is 12.1 Å². The Bertz CT molecular complexity index is 1280. The molecule has 1 N–H and O–H groups in total. The predicted molar refractivity (Wildman–Crippen MR) is 133 cm³/mol. The Labute approximate surface area is 203 Å². The van der Waals surface area contributed by atoms with E-state index in [-0.39, 0.29) is 23.1 Å². The van der Waals surface area contributed by atoms with Gasteiger partial charge in [0.25, 0.3) is 0 Å². The van der Waals surface area contributed by atoms with Gasteiger partial charge in [0, 0.05) is 38.4 Å². The molecule has 0 bridgehead atoms. The van der Waals surface area contributed by atoms with E-state index in [9.17, 15) is 14.3 Å². The second-order valence-corrected chi connectivity index (χ2v) is 8.85. The van der Waals surface area contributed by atoms with Crippen LogP contribution in [0, 0.1) is 12.7 Å². The highest BCUT2D eigenvalue weighted by Crippen LogP contribution is 2.42. The number of ketones is 1. The normalized spacial score (nSPS) is 16.9. The van der Waals surface area contributed by atoms with Gasteiger partial charge in [0.1, 0.15) is 23.1 Å². The van der Waals surface area contributed by atoms with Crippen LogP contribution in [-0.4, -0.2) is 49.1 Å². The number of methoxy groups -OCH3 is 1. The van der Waals surface area contributed by atoms with E-state index in [2.05, 4.69) is 9.80 Å². The molecule has 7 heteroatoms. The molecule has 0 spiro atoms. The zero-order valence-corrected chi connectivity index (χ0v) is 19.8. The maximum atomic E-state index is 13.2. The first-order valence-electron chi connectivity index (χ1n) is 11.6. The smallest absolute Gasteiger partial charge is 0.232 e. The summed E-state index contributed by atoms with van der Waals surface area (Å²) in [7, 11) is 1.60. The molecule has 0 aromatic heterocycles. The van der Waals surface area contributed by atoms with Gasteiger partial charge in [0.15, 0.2) is 5.76 Å². The lowest BCUT2D eigenvalue weighted by atomic mass is 9.99. The standard InChI is InChI=1S/C28H27FN2O4/c1-18-15-24(32)23(17-30-11-13-31(14-12-30)21-7-5-20(29)6-8-21)28-26(18)27(33)25(35-28)16-19-3-9-22(34-2)10-4-19/h3-10,15-16,32H,11-14,17H2,1-2H3/b25-16-. The molecule has 0 saturated carbocycles. The summed E-state index contributed by atoms with van der Waals surface area (Å²) in [5.41, 5.74) is 3.62. The van der Waals surface area contributed by atoms with Gasteiger partial charge in [-0.05, 0) is 66.6 Å². The number of allylic oxidation sites excluding steroid dienone is 1. The van der Waals surface area contributed by atoms with Crippen molar-refractivity contribution in [2.24, 2.45) is 0 Å². The van der Waals surface area contributed by atoms with Gasteiger partial charge < -0.3 is 19.5 Å². The molecule has 2 heterocycles. The minimum absolute atomic E-state index is 0.126. The fraction of sp³-hybridized carbons (Fsp3) is 0.250. The maximum absolute atomic E-state index is 13.2. The van der Waals surface area contributed by atoms with E-state index >= 15 is 0 Å². The Hall–Kier alpha value is -3.84. The van der Waals surface area contributed by atoms with E-state index in [0.717, 1.165) is 43.2 Å². The highest BCUT2D eigenvalue weighted by Gasteiger charge is 2.34. The summed E-state index contributed by atoms with van der Waals surface area (Å²) < 4.78 is 24.5. The van der Waals surface area contributed by atoms with Crippen molar-refractivity contribution in [3.8, 4) is 17.2 Å². The van der Waals surface area contributed by atoms with E-state index in [1.54, 1.807) is 38.3 Å². The van der Waals surface area contributed by atoms with Crippen LogP contribution >= 0.6 is 0 Å². The number of aryl methyl sites for hydroxylation is 1. The van der Waals surface area contributed by atoms with Crippen molar-refractivity contribution in [3.05, 3.63) is 88.4 Å². The number of nitrogens with zero attached hydrogens (tertiary/aromatic N) is 2. The summed E-state index contributed by atoms with van der Waals surface area (Å²) in [6.07, 6.45) is 1.71. The third-order valence-corrected chi connectivity index (χ3v) is 6.58. The molecule has 6 nitrogen and oxygen atoms in total. The molecule has 180 valence electrons. The van der Waals surface area contributed by atoms with Crippen LogP contribution in [0.25, 0.3) is 6.08 Å². The van der Waals surface area contributed by atoms with Crippen molar-refractivity contribution < 1.29 is 23.8 Å². The molecular formula is C28H27FN2O4. The number of hydrogen-bond acceptors (Lipinski definition) is 6. The zero-order chi connectivity index (χ0) is 24.5. The average molecular weight is 475 g/mol. The van der Waals surface area contributed by atoms with Crippen LogP contribution in [-0.2, 0) is 6.54 Å². The average Bonchev–Trinajstić information content (AvgIpc) is 3.19. The fourth-order valence-electron chi connectivity index (χ4n) is 4.62. The van der Waals surface area contributed by atoms with Crippen LogP contribution in [0.3, 0.4) is 0 Å². The molecule has 2 aliphatic heterocycles. The highest BCUT2D eigenvalue weighted by molar-refractivity contribution is 6.15. The summed E-state index contributed by atoms with van der Waals surface area (Å²) in [4.78, 5) is 17.6. The highest BCUT2D eigenvalue weighted by atomic mass is 19.1. The van der Waals surface area contributed by atoms with Crippen LogP contribution in [0.2, 0.25) is 0 Å². The van der Waals surface area contributed by atoms with Gasteiger partial charge in [0.2, 0.25) is 5.78 Å². The Kier molecular flexibility index (Phi) is 6.17. The lowest BCUT2D eigenvalue weighted by Gasteiger charge is -2.36. The molecule has 0 atom stereocenters. The largest absolute Gasteiger partial charge is 0.507 e. The predicted octanol–water partition coefficient (Wildman–Crippen LogP) is 4.79. The first kappa shape index (κ1) is 22.9. The van der Waals surface area contributed by atoms with E-state index in [0.29, 0.717) is 29.0 Å². The summed E-state index contributed by atoms with van der Waals surface area (Å²) in [6.45, 7) is 5.37. The number of ether oxygens (including phenoxy) is 2. The number of phenols is 1. The van der Waals surface area contributed by atoms with E-state index < -0.39 is 0 Å². The molecule has 35 heavy (non-hydrogen) atoms. The molecule has 1 fully saturated rings. The number of benzene rings is 3. The molecule has 0 aliphatic carbocycles. The molecule has 0 amide bonds. The van der Waals surface area contributed by atoms with Crippen molar-refractivity contribution in [2.45, 2.75) is 13.5 Å². The van der Waals surface area contributed by atoms with Crippen LogP contribution in [0.1, 0.15) is 27.0 Å². The van der Waals surface area contributed by atoms with Gasteiger partial charge in [-0.15, -0.1) is 0 Å². The van der Waals surface area contributed by atoms with E-state index in [4.69, 9.17) is 9.47 Å². The van der Waals surface area contributed by atoms with Gasteiger partial charge in [-0.3, -0.25) is 9.69 Å². The zero-order valence-electron chi connectivity index (χ0n) is 19.8. The number of aromatic hydroxyl groups is 1. The van der Waals surface area contributed by atoms with Crippen molar-refractivity contribution >= 4 is 17.5 Å². The van der Waals surface area contributed by atoms with Crippen LogP contribution in [0.15, 0.2) is 60.4 Å². The quantitative estimate of drug-likeness (QED) is 0.537. The number of hydrogen-bond donors (Lipinski definition) is 1. The molecule has 3 aromatic rings. The number of anilines is 1. The van der Waals surface area contributed by atoms with Gasteiger partial charge in [-0.25, -0.2) is 4.39 Å². The number of rotatable bonds is 5. The third-order valence-electron chi connectivity index (χ3n) is 6.58. The summed E-state index contributed by atoms with van der Waals surface area (Å²) in [6, 6.07) is 15.5. The Morgan fingerprint density at radius 1 is 1.06 bits per heavy atom. The maximum Gasteiger partial charge on any atom is 0.232 e. The first-order valence-corrected chi connectivity index (χ1v) is 11.6. The lowest BCUT2D eigenvalue weighted by Crippen LogP contribution is -2.46. The van der Waals surface area contributed by atoms with Crippen molar-refractivity contribution in [1.29, 1.82) is 0 Å². The first-order chi connectivity index (χ1) is 16.9. The number of piperazine rings is 1. The number of fused-ring (bicyclic) bond motifs is 1. The van der Waals surface area contributed by atoms with Gasteiger partial charge in [-0.2, -0.15) is 0 Å². The van der Waals surface area contributed by atoms with Gasteiger partial charge in [-0.1, -0.05) is 12.1 Å². The molecule has 3 aromatic carbocycles. The summed E-state index contributed by atoms with van der Waals surface area (Å²) >= 11 is 0. The van der Waals surface area contributed by atoms with Crippen molar-refractivity contribution in [1.82, 2.24) is 4.90 Å². The SMILES string of the molecule is COc1ccc(/C=C2\Oc3c(CN4CCN(c5ccc(F)cc5)CC4)c(O)cc(C)c3C2=O)cc1. The molecular weight excluding hydrogens is 447 g/mol. The van der Waals surface area contributed by atoms with Crippen molar-refractivity contribution in [2.75, 3.05) is 38.2 Å². The van der Waals surface area contributed by atoms with Crippen molar-refractivity contribution in [3.63, 3.8) is 0 Å². The number of carbonyl (C=O) groups is 1. The third kappa shape index (κ3) is 4.59. The van der Waals surface area contributed by atoms with Crippen LogP contribution in [0.4, 0.5) is 10.1 Å². The van der Waals surface area contributed by atoms with Crippen LogP contribution < -0.4 is 14.4 Å². The summed E-state index contributed by atoms with van der Waals surface area (Å²) in [5, 5.41) is 10.8. The minimum Gasteiger partial charge on any atom is -0.507 e. The summed E-state index contributed by atoms with van der Waals surface area (Å²) in [5.74, 6) is 1.11. The topological polar surface area (TPSA) is 62.2 Å². The number of Topliss-reactive ketones (excluding diaryl/α,β-unsaturated/α-hetero) is 1. The van der Waals surface area contributed by atoms with Gasteiger partial charge in [0.05, 0.1) is 18.2 Å². The number of halogens is 1. The second-order valence-electron chi connectivity index (χ2n) is 8.85. The van der Waals surface area contributed by atoms with Crippen LogP contribution in [0.5, 0.6) is 17.2 Å². The molecule has 0 radical (unpaired) electrons. The Morgan fingerprint density at radius 3 is 2.40 bits per heavy atom. The number of phenolic OH excluding ortho intramolecular Hbond substituents is 1. The second kappa shape index (κ2) is 9.43. The molecule has 0 unspecified atom stereocenters. The minimum atomic E-state index is -0.244. The molecule has 5 rings (SSSR count). The molecule has 2 aliphatic rings. The Morgan fingerprint density at radius 2 is 1.74 bits per heavy atom. The Balaban J connectivity index is 1.34. The molecule has 1 saturated heterocycles. The lowest BCUT2D eigenvalue weighted by molar-refractivity contribution is 0.101. The number of carbonyl (C=O) groups excluding carboxylic acids is 1. The van der Waals surface area contributed by atoms with E-state index in [1.807, 2.05) is 24.3 Å². The fourth-order valence-corrected chi connectivity index (χ4v) is 4.62. The monoisotopic (exact) mass is 474 g/mol. The van der Waals surface area contributed by atoms with Gasteiger partial charge >= 0.3 is 0 Å².